The first-order valence-corrected chi connectivity index (χ1v) is 10.8. The van der Waals surface area contributed by atoms with Crippen LogP contribution in [0.4, 0.5) is 0 Å². The smallest absolute Gasteiger partial charge is 0.295 e. The molecule has 2 aliphatic rings. The minimum absolute atomic E-state index is 0.00160. The molecule has 0 radical (unpaired) electrons. The fourth-order valence-corrected chi connectivity index (χ4v) is 4.26. The maximum Gasteiger partial charge on any atom is 0.295 e. The predicted octanol–water partition coefficient (Wildman–Crippen LogP) is 2.76. The number of aliphatic hydroxyl groups excluding tert-OH is 1. The van der Waals surface area contributed by atoms with Gasteiger partial charge in [0, 0.05) is 26.2 Å². The van der Waals surface area contributed by atoms with Crippen molar-refractivity contribution in [3.8, 4) is 5.75 Å². The number of Topliss-reactive ketones (excluding diaryl/α,β-unsaturated/α-hetero) is 1. The Morgan fingerprint density at radius 1 is 1.00 bits per heavy atom. The molecular formula is C25H28N2O5. The molecule has 0 spiro atoms. The molecule has 168 valence electrons. The van der Waals surface area contributed by atoms with Crippen LogP contribution in [0, 0.1) is 13.8 Å². The van der Waals surface area contributed by atoms with Gasteiger partial charge in [0.2, 0.25) is 0 Å². The number of hydrogen-bond acceptors (Lipinski definition) is 6. The number of ether oxygens (including phenoxy) is 1. The van der Waals surface area contributed by atoms with Crippen LogP contribution < -0.4 is 0 Å². The first-order valence-electron chi connectivity index (χ1n) is 10.8. The Bertz CT molecular complexity index is 1050. The molecule has 1 atom stereocenters. The van der Waals surface area contributed by atoms with Crippen LogP contribution in [0.15, 0.2) is 48.0 Å². The van der Waals surface area contributed by atoms with Crippen molar-refractivity contribution in [1.82, 2.24) is 9.80 Å². The highest BCUT2D eigenvalue weighted by Gasteiger charge is 2.46. The Labute approximate surface area is 187 Å². The number of aliphatic hydroxyl groups is 1. The first kappa shape index (κ1) is 22.0. The molecule has 2 saturated heterocycles. The van der Waals surface area contributed by atoms with Crippen molar-refractivity contribution < 1.29 is 24.5 Å². The summed E-state index contributed by atoms with van der Waals surface area (Å²) in [7, 11) is 0. The van der Waals surface area contributed by atoms with Gasteiger partial charge in [0.05, 0.1) is 30.4 Å². The molecule has 2 fully saturated rings. The fourth-order valence-electron chi connectivity index (χ4n) is 4.26. The van der Waals surface area contributed by atoms with E-state index >= 15 is 0 Å². The molecule has 0 aromatic heterocycles. The molecule has 4 rings (SSSR count). The van der Waals surface area contributed by atoms with Crippen LogP contribution >= 0.6 is 0 Å². The number of phenolic OH excluding ortho intramolecular Hbond substituents is 1. The summed E-state index contributed by atoms with van der Waals surface area (Å²) >= 11 is 0. The van der Waals surface area contributed by atoms with Gasteiger partial charge in [0.15, 0.2) is 0 Å². The van der Waals surface area contributed by atoms with E-state index in [9.17, 15) is 19.8 Å². The number of benzene rings is 2. The van der Waals surface area contributed by atoms with E-state index in [2.05, 4.69) is 4.90 Å². The minimum atomic E-state index is -0.740. The van der Waals surface area contributed by atoms with Gasteiger partial charge in [0.25, 0.3) is 11.7 Å². The fraction of sp³-hybridized carbons (Fsp3) is 0.360. The number of aromatic hydroxyl groups is 1. The maximum absolute atomic E-state index is 13.1. The van der Waals surface area contributed by atoms with Gasteiger partial charge in [-0.05, 0) is 31.5 Å². The lowest BCUT2D eigenvalue weighted by atomic mass is 9.94. The Balaban J connectivity index is 1.76. The number of phenols is 1. The van der Waals surface area contributed by atoms with E-state index in [1.807, 2.05) is 38.1 Å². The van der Waals surface area contributed by atoms with Crippen molar-refractivity contribution in [2.75, 3.05) is 39.4 Å². The van der Waals surface area contributed by atoms with Crippen molar-refractivity contribution in [2.45, 2.75) is 19.9 Å². The van der Waals surface area contributed by atoms with Crippen molar-refractivity contribution in [2.24, 2.45) is 0 Å². The summed E-state index contributed by atoms with van der Waals surface area (Å²) in [5, 5.41) is 21.5. The number of hydrogen-bond donors (Lipinski definition) is 2. The van der Waals surface area contributed by atoms with Crippen LogP contribution in [0.1, 0.15) is 28.3 Å². The summed E-state index contributed by atoms with van der Waals surface area (Å²) < 4.78 is 5.39. The predicted molar refractivity (Wildman–Crippen MR) is 120 cm³/mol. The minimum Gasteiger partial charge on any atom is -0.507 e. The molecule has 2 N–H and O–H groups in total. The van der Waals surface area contributed by atoms with E-state index in [4.69, 9.17) is 4.74 Å². The molecule has 0 saturated carbocycles. The Hall–Kier alpha value is -3.16. The van der Waals surface area contributed by atoms with Crippen LogP contribution in [0.2, 0.25) is 0 Å². The zero-order valence-electron chi connectivity index (χ0n) is 18.4. The molecule has 7 heteroatoms. The average Bonchev–Trinajstić information content (AvgIpc) is 3.05. The van der Waals surface area contributed by atoms with Gasteiger partial charge >= 0.3 is 0 Å². The lowest BCUT2D eigenvalue weighted by Crippen LogP contribution is -2.42. The summed E-state index contributed by atoms with van der Waals surface area (Å²) in [6, 6.07) is 11.6. The summed E-state index contributed by atoms with van der Waals surface area (Å²) in [6.45, 7) is 7.58. The third-order valence-electron chi connectivity index (χ3n) is 6.10. The molecule has 1 unspecified atom stereocenters. The SMILES string of the molecule is Cc1ccc(C2/C(=C(\O)c3cc(C)ccc3O)C(=O)C(=O)N2CCN2CCOCC2)cc1. The van der Waals surface area contributed by atoms with Gasteiger partial charge in [-0.2, -0.15) is 0 Å². The normalized spacial score (nSPS) is 21.3. The lowest BCUT2D eigenvalue weighted by molar-refractivity contribution is -0.140. The van der Waals surface area contributed by atoms with Gasteiger partial charge < -0.3 is 19.8 Å². The Morgan fingerprint density at radius 3 is 2.34 bits per heavy atom. The highest BCUT2D eigenvalue weighted by Crippen LogP contribution is 2.40. The molecule has 32 heavy (non-hydrogen) atoms. The van der Waals surface area contributed by atoms with Crippen LogP contribution in [-0.4, -0.2) is 71.1 Å². The van der Waals surface area contributed by atoms with E-state index in [-0.39, 0.29) is 22.6 Å². The highest BCUT2D eigenvalue weighted by atomic mass is 16.5. The number of rotatable bonds is 5. The second-order valence-electron chi connectivity index (χ2n) is 8.38. The van der Waals surface area contributed by atoms with Crippen molar-refractivity contribution in [3.05, 3.63) is 70.3 Å². The number of carbonyl (C=O) groups excluding carboxylic acids is 2. The molecule has 2 aliphatic heterocycles. The number of aryl methyl sites for hydroxylation is 2. The molecule has 2 aromatic carbocycles. The van der Waals surface area contributed by atoms with E-state index in [0.717, 1.165) is 29.8 Å². The van der Waals surface area contributed by atoms with Gasteiger partial charge in [-0.15, -0.1) is 0 Å². The van der Waals surface area contributed by atoms with Crippen molar-refractivity contribution in [1.29, 1.82) is 0 Å². The molecule has 7 nitrogen and oxygen atoms in total. The topological polar surface area (TPSA) is 90.3 Å². The maximum atomic E-state index is 13.1. The van der Waals surface area contributed by atoms with Crippen LogP contribution in [0.25, 0.3) is 5.76 Å². The molecule has 0 aliphatic carbocycles. The quantitative estimate of drug-likeness (QED) is 0.426. The van der Waals surface area contributed by atoms with Crippen LogP contribution in [-0.2, 0) is 14.3 Å². The summed E-state index contributed by atoms with van der Waals surface area (Å²) in [5.74, 6) is -1.88. The van der Waals surface area contributed by atoms with Crippen molar-refractivity contribution >= 4 is 17.4 Å². The van der Waals surface area contributed by atoms with Gasteiger partial charge in [-0.25, -0.2) is 0 Å². The van der Waals surface area contributed by atoms with Gasteiger partial charge in [-0.1, -0.05) is 41.5 Å². The number of likely N-dealkylation sites (tertiary alicyclic amines) is 1. The Kier molecular flexibility index (Phi) is 6.30. The first-order chi connectivity index (χ1) is 15.4. The zero-order chi connectivity index (χ0) is 22.8. The third kappa shape index (κ3) is 4.26. The standard InChI is InChI=1S/C25H28N2O5/c1-16-3-6-18(7-4-16)22-21(23(29)19-15-17(2)5-8-20(19)28)24(30)25(31)27(22)10-9-26-11-13-32-14-12-26/h3-8,15,22,28-29H,9-14H2,1-2H3/b23-21+. The summed E-state index contributed by atoms with van der Waals surface area (Å²) in [5.41, 5.74) is 2.76. The van der Waals surface area contributed by atoms with Crippen LogP contribution in [0.5, 0.6) is 5.75 Å². The lowest BCUT2D eigenvalue weighted by Gasteiger charge is -2.31. The van der Waals surface area contributed by atoms with E-state index in [1.165, 1.54) is 11.0 Å². The molecule has 2 aromatic rings. The average molecular weight is 437 g/mol. The number of amides is 1. The summed E-state index contributed by atoms with van der Waals surface area (Å²) in [6.07, 6.45) is 0. The molecule has 2 heterocycles. The van der Waals surface area contributed by atoms with Crippen molar-refractivity contribution in [3.63, 3.8) is 0 Å². The second-order valence-corrected chi connectivity index (χ2v) is 8.38. The number of carbonyl (C=O) groups is 2. The van der Waals surface area contributed by atoms with Gasteiger partial charge in [0.1, 0.15) is 11.5 Å². The molecular weight excluding hydrogens is 408 g/mol. The molecule has 1 amide bonds. The third-order valence-corrected chi connectivity index (χ3v) is 6.10. The van der Waals surface area contributed by atoms with E-state index < -0.39 is 17.7 Å². The Morgan fingerprint density at radius 2 is 1.66 bits per heavy atom. The highest BCUT2D eigenvalue weighted by molar-refractivity contribution is 6.46. The number of ketones is 1. The zero-order valence-corrected chi connectivity index (χ0v) is 18.4. The largest absolute Gasteiger partial charge is 0.507 e. The van der Waals surface area contributed by atoms with E-state index in [0.29, 0.717) is 26.3 Å². The number of nitrogens with zero attached hydrogens (tertiary/aromatic N) is 2. The van der Waals surface area contributed by atoms with Gasteiger partial charge in [-0.3, -0.25) is 14.5 Å². The monoisotopic (exact) mass is 436 g/mol. The second kappa shape index (κ2) is 9.14. The van der Waals surface area contributed by atoms with E-state index in [1.54, 1.807) is 12.1 Å². The molecule has 0 bridgehead atoms. The summed E-state index contributed by atoms with van der Waals surface area (Å²) in [4.78, 5) is 29.9. The van der Waals surface area contributed by atoms with Crippen LogP contribution in [0.3, 0.4) is 0 Å². The number of morpholine rings is 1.